The third kappa shape index (κ3) is 3.36. The van der Waals surface area contributed by atoms with Gasteiger partial charge in [-0.2, -0.15) is 0 Å². The minimum absolute atomic E-state index is 0.147. The highest BCUT2D eigenvalue weighted by Crippen LogP contribution is 2.18. The summed E-state index contributed by atoms with van der Waals surface area (Å²) in [5, 5.41) is 9.37. The Labute approximate surface area is 118 Å². The third-order valence-electron chi connectivity index (χ3n) is 3.65. The molecule has 1 aromatic rings. The van der Waals surface area contributed by atoms with E-state index in [0.29, 0.717) is 26.1 Å². The first kappa shape index (κ1) is 14.5. The molecule has 0 spiro atoms. The van der Waals surface area contributed by atoms with E-state index in [1.54, 1.807) is 7.05 Å². The van der Waals surface area contributed by atoms with Crippen molar-refractivity contribution in [3.8, 4) is 0 Å². The van der Waals surface area contributed by atoms with Crippen molar-refractivity contribution >= 4 is 11.9 Å². The zero-order valence-corrected chi connectivity index (χ0v) is 11.5. The van der Waals surface area contributed by atoms with Gasteiger partial charge in [-0.25, -0.2) is 4.79 Å². The van der Waals surface area contributed by atoms with E-state index in [9.17, 15) is 14.7 Å². The smallest absolute Gasteiger partial charge is 0.326 e. The summed E-state index contributed by atoms with van der Waals surface area (Å²) in [5.74, 6) is -1.34. The Morgan fingerprint density at radius 1 is 1.40 bits per heavy atom. The Bertz CT molecular complexity index is 468. The van der Waals surface area contributed by atoms with E-state index in [2.05, 4.69) is 0 Å². The molecular formula is C15H19NO4. The molecule has 0 aliphatic carbocycles. The largest absolute Gasteiger partial charge is 0.480 e. The van der Waals surface area contributed by atoms with E-state index >= 15 is 0 Å². The van der Waals surface area contributed by atoms with Crippen LogP contribution in [-0.2, 0) is 20.7 Å². The van der Waals surface area contributed by atoms with Gasteiger partial charge in [0.15, 0.2) is 0 Å². The minimum Gasteiger partial charge on any atom is -0.480 e. The molecule has 2 rings (SSSR count). The number of rotatable bonds is 5. The fourth-order valence-corrected chi connectivity index (χ4v) is 2.40. The zero-order valence-electron chi connectivity index (χ0n) is 11.5. The Morgan fingerprint density at radius 3 is 2.65 bits per heavy atom. The van der Waals surface area contributed by atoms with Crippen molar-refractivity contribution in [3.05, 3.63) is 35.9 Å². The molecule has 0 radical (unpaired) electrons. The van der Waals surface area contributed by atoms with Crippen molar-refractivity contribution in [3.63, 3.8) is 0 Å². The van der Waals surface area contributed by atoms with Gasteiger partial charge in [0.2, 0.25) is 5.91 Å². The second-order valence-electron chi connectivity index (χ2n) is 5.05. The number of carbonyl (C=O) groups is 2. The fraction of sp³-hybridized carbons (Fsp3) is 0.467. The highest BCUT2D eigenvalue weighted by atomic mass is 16.5. The Balaban J connectivity index is 2.07. The molecule has 1 amide bonds. The summed E-state index contributed by atoms with van der Waals surface area (Å²) in [6, 6.07) is 8.50. The topological polar surface area (TPSA) is 66.8 Å². The lowest BCUT2D eigenvalue weighted by Gasteiger charge is -2.27. The number of hydrogen-bond donors (Lipinski definition) is 1. The van der Waals surface area contributed by atoms with Gasteiger partial charge in [0.25, 0.3) is 0 Å². The first-order valence-electron chi connectivity index (χ1n) is 6.70. The minimum atomic E-state index is -0.983. The van der Waals surface area contributed by atoms with Crippen LogP contribution in [0.1, 0.15) is 12.0 Å². The maximum atomic E-state index is 12.3. The van der Waals surface area contributed by atoms with Crippen LogP contribution >= 0.6 is 0 Å². The van der Waals surface area contributed by atoms with Gasteiger partial charge in [-0.15, -0.1) is 0 Å². The Kier molecular flexibility index (Phi) is 4.74. The summed E-state index contributed by atoms with van der Waals surface area (Å²) < 4.78 is 5.19. The predicted octanol–water partition coefficient (Wildman–Crippen LogP) is 1.18. The Hall–Kier alpha value is -1.88. The highest BCUT2D eigenvalue weighted by Gasteiger charge is 2.32. The lowest BCUT2D eigenvalue weighted by Crippen LogP contribution is -2.46. The number of hydrogen-bond acceptors (Lipinski definition) is 3. The quantitative estimate of drug-likeness (QED) is 0.877. The molecule has 0 bridgehead atoms. The average molecular weight is 277 g/mol. The van der Waals surface area contributed by atoms with Crippen LogP contribution < -0.4 is 0 Å². The molecule has 1 heterocycles. The number of carboxylic acids is 1. The fourth-order valence-electron chi connectivity index (χ4n) is 2.40. The standard InChI is InChI=1S/C15H19NO4/c1-16(14(17)12-7-8-20-10-12)13(15(18)19)9-11-5-3-2-4-6-11/h2-6,12-13H,7-10H2,1H3,(H,18,19)/t12-,13-/m1/s1. The Morgan fingerprint density at radius 2 is 2.10 bits per heavy atom. The SMILES string of the molecule is CN(C(=O)[C@@H]1CCOC1)[C@H](Cc1ccccc1)C(=O)O. The molecular weight excluding hydrogens is 258 g/mol. The molecule has 2 atom stereocenters. The number of likely N-dealkylation sites (N-methyl/N-ethyl adjacent to an activating group) is 1. The molecule has 1 fully saturated rings. The predicted molar refractivity (Wildman–Crippen MR) is 73.3 cm³/mol. The van der Waals surface area contributed by atoms with Crippen LogP contribution in [0.3, 0.4) is 0 Å². The molecule has 1 saturated heterocycles. The lowest BCUT2D eigenvalue weighted by molar-refractivity contribution is -0.150. The van der Waals surface area contributed by atoms with E-state index < -0.39 is 12.0 Å². The zero-order chi connectivity index (χ0) is 14.5. The van der Waals surface area contributed by atoms with Crippen molar-refractivity contribution in [1.82, 2.24) is 4.90 Å². The number of nitrogens with zero attached hydrogens (tertiary/aromatic N) is 1. The van der Waals surface area contributed by atoms with Crippen LogP contribution in [0.2, 0.25) is 0 Å². The van der Waals surface area contributed by atoms with Crippen molar-refractivity contribution in [2.24, 2.45) is 5.92 Å². The monoisotopic (exact) mass is 277 g/mol. The van der Waals surface area contributed by atoms with Crippen molar-refractivity contribution < 1.29 is 19.4 Å². The number of carbonyl (C=O) groups excluding carboxylic acids is 1. The molecule has 1 N–H and O–H groups in total. The maximum absolute atomic E-state index is 12.3. The van der Waals surface area contributed by atoms with Crippen LogP contribution in [0.4, 0.5) is 0 Å². The van der Waals surface area contributed by atoms with Gasteiger partial charge in [-0.05, 0) is 12.0 Å². The van der Waals surface area contributed by atoms with Gasteiger partial charge >= 0.3 is 5.97 Å². The maximum Gasteiger partial charge on any atom is 0.326 e. The lowest BCUT2D eigenvalue weighted by atomic mass is 10.0. The number of ether oxygens (including phenoxy) is 1. The summed E-state index contributed by atoms with van der Waals surface area (Å²) in [6.07, 6.45) is 0.979. The summed E-state index contributed by atoms with van der Waals surface area (Å²) in [7, 11) is 1.56. The highest BCUT2D eigenvalue weighted by molar-refractivity contribution is 5.85. The number of benzene rings is 1. The van der Waals surface area contributed by atoms with E-state index in [1.165, 1.54) is 4.90 Å². The summed E-state index contributed by atoms with van der Waals surface area (Å²) in [4.78, 5) is 25.0. The number of aliphatic carboxylic acids is 1. The normalized spacial score (nSPS) is 19.6. The van der Waals surface area contributed by atoms with E-state index in [4.69, 9.17) is 4.74 Å². The second kappa shape index (κ2) is 6.52. The molecule has 1 aliphatic heterocycles. The summed E-state index contributed by atoms with van der Waals surface area (Å²) >= 11 is 0. The van der Waals surface area contributed by atoms with Gasteiger partial charge in [-0.1, -0.05) is 30.3 Å². The molecule has 0 aromatic heterocycles. The first-order chi connectivity index (χ1) is 9.59. The average Bonchev–Trinajstić information content (AvgIpc) is 2.98. The van der Waals surface area contributed by atoms with Crippen LogP contribution in [0, 0.1) is 5.92 Å². The van der Waals surface area contributed by atoms with Gasteiger partial charge in [0, 0.05) is 20.1 Å². The molecule has 1 aromatic carbocycles. The molecule has 5 nitrogen and oxygen atoms in total. The van der Waals surface area contributed by atoms with E-state index in [-0.39, 0.29) is 11.8 Å². The van der Waals surface area contributed by atoms with E-state index in [1.807, 2.05) is 30.3 Å². The molecule has 0 unspecified atom stereocenters. The van der Waals surface area contributed by atoms with Gasteiger partial charge in [0.05, 0.1) is 12.5 Å². The molecule has 5 heteroatoms. The van der Waals surface area contributed by atoms with Gasteiger partial charge in [-0.3, -0.25) is 4.79 Å². The van der Waals surface area contributed by atoms with E-state index in [0.717, 1.165) is 5.56 Å². The van der Waals surface area contributed by atoms with Crippen molar-refractivity contribution in [2.75, 3.05) is 20.3 Å². The number of carboxylic acid groups (broad SMARTS) is 1. The van der Waals surface area contributed by atoms with Gasteiger partial charge < -0.3 is 14.7 Å². The van der Waals surface area contributed by atoms with Crippen molar-refractivity contribution in [2.45, 2.75) is 18.9 Å². The molecule has 0 saturated carbocycles. The van der Waals surface area contributed by atoms with Crippen LogP contribution in [-0.4, -0.2) is 48.2 Å². The van der Waals surface area contributed by atoms with Gasteiger partial charge in [0.1, 0.15) is 6.04 Å². The van der Waals surface area contributed by atoms with Crippen LogP contribution in [0.15, 0.2) is 30.3 Å². The second-order valence-corrected chi connectivity index (χ2v) is 5.05. The van der Waals surface area contributed by atoms with Crippen molar-refractivity contribution in [1.29, 1.82) is 0 Å². The molecule has 20 heavy (non-hydrogen) atoms. The summed E-state index contributed by atoms with van der Waals surface area (Å²) in [6.45, 7) is 0.960. The van der Waals surface area contributed by atoms with Crippen LogP contribution in [0.5, 0.6) is 0 Å². The molecule has 108 valence electrons. The number of amides is 1. The molecule has 1 aliphatic rings. The third-order valence-corrected chi connectivity index (χ3v) is 3.65. The summed E-state index contributed by atoms with van der Waals surface area (Å²) in [5.41, 5.74) is 0.905. The first-order valence-corrected chi connectivity index (χ1v) is 6.70. The van der Waals surface area contributed by atoms with Crippen LogP contribution in [0.25, 0.3) is 0 Å².